The quantitative estimate of drug-likeness (QED) is 0.513. The summed E-state index contributed by atoms with van der Waals surface area (Å²) < 4.78 is 6.01. The Morgan fingerprint density at radius 1 is 1.30 bits per heavy atom. The number of aryl methyl sites for hydroxylation is 1. The Hall–Kier alpha value is -3.92. The average molecular weight is 399 g/mol. The van der Waals surface area contributed by atoms with E-state index in [0.29, 0.717) is 11.3 Å². The van der Waals surface area contributed by atoms with E-state index >= 15 is 0 Å². The number of H-pyrrole nitrogens is 1. The van der Waals surface area contributed by atoms with Gasteiger partial charge in [0.25, 0.3) is 5.56 Å². The third-order valence-corrected chi connectivity index (χ3v) is 4.83. The molecule has 150 valence electrons. The predicted octanol–water partition coefficient (Wildman–Crippen LogP) is 3.78. The Labute approximate surface area is 174 Å². The van der Waals surface area contributed by atoms with E-state index in [0.717, 1.165) is 28.9 Å². The van der Waals surface area contributed by atoms with Gasteiger partial charge in [0.2, 0.25) is 5.95 Å². The maximum absolute atomic E-state index is 12.3. The summed E-state index contributed by atoms with van der Waals surface area (Å²) in [6, 6.07) is 15.1. The monoisotopic (exact) mass is 399 g/mol. The Morgan fingerprint density at radius 2 is 2.07 bits per heavy atom. The predicted molar refractivity (Wildman–Crippen MR) is 116 cm³/mol. The summed E-state index contributed by atoms with van der Waals surface area (Å²) in [5.74, 6) is 1.10. The van der Waals surface area contributed by atoms with E-state index in [1.165, 1.54) is 0 Å². The van der Waals surface area contributed by atoms with Gasteiger partial charge in [-0.3, -0.25) is 9.78 Å². The molecule has 0 amide bonds. The molecule has 1 aromatic heterocycles. The van der Waals surface area contributed by atoms with Gasteiger partial charge < -0.3 is 4.74 Å². The van der Waals surface area contributed by atoms with Crippen molar-refractivity contribution in [2.75, 3.05) is 5.43 Å². The van der Waals surface area contributed by atoms with E-state index < -0.39 is 5.56 Å². The highest BCUT2D eigenvalue weighted by Gasteiger charge is 2.31. The number of rotatable bonds is 4. The number of anilines is 1. The molecule has 7 nitrogen and oxygen atoms in total. The highest BCUT2D eigenvalue weighted by molar-refractivity contribution is 5.81. The fraction of sp³-hybridized carbons (Fsp3) is 0.217. The van der Waals surface area contributed by atoms with E-state index in [-0.39, 0.29) is 17.1 Å². The lowest BCUT2D eigenvalue weighted by molar-refractivity contribution is 0.137. The van der Waals surface area contributed by atoms with Gasteiger partial charge in [0.05, 0.1) is 11.9 Å². The number of benzene rings is 2. The maximum Gasteiger partial charge on any atom is 0.270 e. The standard InChI is InChI=1S/C23H21N5O2/c1-14-9-15(10-17-11-23(2,3)30-20(14)17)13-25-28-22-26-19(16-7-5-4-6-8-16)18(12-24)21(29)27-22/h4-10,13H,11H2,1-3H3,(H2,26,27,28,29). The second kappa shape index (κ2) is 7.48. The van der Waals surface area contributed by atoms with Gasteiger partial charge in [0.1, 0.15) is 23.0 Å². The summed E-state index contributed by atoms with van der Waals surface area (Å²) in [5.41, 5.74) is 6.12. The lowest BCUT2D eigenvalue weighted by Crippen LogP contribution is -2.24. The van der Waals surface area contributed by atoms with Crippen molar-refractivity contribution in [1.82, 2.24) is 9.97 Å². The van der Waals surface area contributed by atoms with E-state index in [1.54, 1.807) is 18.3 Å². The van der Waals surface area contributed by atoms with Gasteiger partial charge in [-0.25, -0.2) is 10.4 Å². The highest BCUT2D eigenvalue weighted by atomic mass is 16.5. The molecule has 0 saturated heterocycles. The molecular formula is C23H21N5O2. The molecule has 4 rings (SSSR count). The van der Waals surface area contributed by atoms with Crippen LogP contribution in [0.25, 0.3) is 11.3 Å². The lowest BCUT2D eigenvalue weighted by Gasteiger charge is -2.17. The zero-order chi connectivity index (χ0) is 21.3. The molecule has 7 heteroatoms. The molecule has 0 spiro atoms. The van der Waals surface area contributed by atoms with Crippen molar-refractivity contribution in [3.63, 3.8) is 0 Å². The minimum absolute atomic E-state index is 0.0346. The average Bonchev–Trinajstić information content (AvgIpc) is 3.03. The number of nitrogens with zero attached hydrogens (tertiary/aromatic N) is 3. The summed E-state index contributed by atoms with van der Waals surface area (Å²) in [6.07, 6.45) is 2.50. The molecule has 0 aliphatic carbocycles. The highest BCUT2D eigenvalue weighted by Crippen LogP contribution is 2.37. The first-order valence-electron chi connectivity index (χ1n) is 9.58. The van der Waals surface area contributed by atoms with Crippen molar-refractivity contribution in [3.05, 3.63) is 75.1 Å². The van der Waals surface area contributed by atoms with Crippen LogP contribution in [0.5, 0.6) is 5.75 Å². The maximum atomic E-state index is 12.3. The molecule has 1 aliphatic rings. The van der Waals surface area contributed by atoms with Gasteiger partial charge in [-0.1, -0.05) is 30.3 Å². The van der Waals surface area contributed by atoms with Crippen molar-refractivity contribution >= 4 is 12.2 Å². The lowest BCUT2D eigenvalue weighted by atomic mass is 9.99. The molecule has 3 aromatic rings. The van der Waals surface area contributed by atoms with Crippen molar-refractivity contribution < 1.29 is 4.74 Å². The second-order valence-electron chi connectivity index (χ2n) is 7.85. The molecule has 2 heterocycles. The molecule has 30 heavy (non-hydrogen) atoms. The van der Waals surface area contributed by atoms with E-state index in [9.17, 15) is 10.1 Å². The molecule has 0 atom stereocenters. The molecule has 0 bridgehead atoms. The zero-order valence-corrected chi connectivity index (χ0v) is 17.0. The van der Waals surface area contributed by atoms with Gasteiger partial charge in [-0.15, -0.1) is 0 Å². The molecule has 0 radical (unpaired) electrons. The third kappa shape index (κ3) is 3.80. The number of hydrogen-bond acceptors (Lipinski definition) is 6. The van der Waals surface area contributed by atoms with Crippen molar-refractivity contribution in [2.24, 2.45) is 5.10 Å². The first kappa shape index (κ1) is 19.4. The number of hydrogen-bond donors (Lipinski definition) is 2. The van der Waals surface area contributed by atoms with Gasteiger partial charge in [0.15, 0.2) is 0 Å². The van der Waals surface area contributed by atoms with Gasteiger partial charge in [-0.05, 0) is 49.6 Å². The van der Waals surface area contributed by atoms with Crippen LogP contribution in [0.1, 0.15) is 36.1 Å². The Morgan fingerprint density at radius 3 is 2.80 bits per heavy atom. The SMILES string of the molecule is Cc1cc(C=NNc2nc(-c3ccccc3)c(C#N)c(=O)[nH]2)cc2c1OC(C)(C)C2. The minimum atomic E-state index is -0.517. The molecule has 2 aromatic carbocycles. The first-order chi connectivity index (χ1) is 14.4. The number of fused-ring (bicyclic) bond motifs is 1. The largest absolute Gasteiger partial charge is 0.487 e. The van der Waals surface area contributed by atoms with Crippen LogP contribution in [0.3, 0.4) is 0 Å². The second-order valence-corrected chi connectivity index (χ2v) is 7.85. The number of nitriles is 1. The molecule has 2 N–H and O–H groups in total. The van der Waals surface area contributed by atoms with E-state index in [1.807, 2.05) is 43.3 Å². The normalized spacial score (nSPS) is 14.2. The Kier molecular flexibility index (Phi) is 4.84. The number of aromatic nitrogens is 2. The van der Waals surface area contributed by atoms with Crippen LogP contribution in [0.15, 0.2) is 52.4 Å². The number of aromatic amines is 1. The van der Waals surface area contributed by atoms with Crippen LogP contribution in [-0.4, -0.2) is 21.8 Å². The van der Waals surface area contributed by atoms with Crippen LogP contribution in [-0.2, 0) is 6.42 Å². The van der Waals surface area contributed by atoms with Crippen LogP contribution >= 0.6 is 0 Å². The van der Waals surface area contributed by atoms with Crippen LogP contribution in [0.4, 0.5) is 5.95 Å². The molecule has 0 saturated carbocycles. The van der Waals surface area contributed by atoms with Crippen LogP contribution < -0.4 is 15.7 Å². The first-order valence-corrected chi connectivity index (χ1v) is 9.58. The topological polar surface area (TPSA) is 103 Å². The number of nitrogens with one attached hydrogen (secondary N) is 2. The molecular weight excluding hydrogens is 378 g/mol. The summed E-state index contributed by atoms with van der Waals surface area (Å²) >= 11 is 0. The molecule has 1 aliphatic heterocycles. The fourth-order valence-corrected chi connectivity index (χ4v) is 3.60. The van der Waals surface area contributed by atoms with Crippen LogP contribution in [0.2, 0.25) is 0 Å². The van der Waals surface area contributed by atoms with E-state index in [4.69, 9.17) is 4.74 Å². The van der Waals surface area contributed by atoms with Gasteiger partial charge in [0, 0.05) is 12.0 Å². The Bertz CT molecular complexity index is 1240. The van der Waals surface area contributed by atoms with Crippen molar-refractivity contribution in [2.45, 2.75) is 32.8 Å². The molecule has 0 fully saturated rings. The van der Waals surface area contributed by atoms with Crippen molar-refractivity contribution in [1.29, 1.82) is 5.26 Å². The van der Waals surface area contributed by atoms with Gasteiger partial charge in [-0.2, -0.15) is 10.4 Å². The molecule has 0 unspecified atom stereocenters. The summed E-state index contributed by atoms with van der Waals surface area (Å²) in [7, 11) is 0. The summed E-state index contributed by atoms with van der Waals surface area (Å²) in [5, 5.41) is 13.6. The van der Waals surface area contributed by atoms with Crippen molar-refractivity contribution in [3.8, 4) is 23.1 Å². The smallest absolute Gasteiger partial charge is 0.270 e. The Balaban J connectivity index is 1.60. The number of ether oxygens (including phenoxy) is 1. The fourth-order valence-electron chi connectivity index (χ4n) is 3.60. The van der Waals surface area contributed by atoms with Crippen LogP contribution in [0, 0.1) is 18.3 Å². The van der Waals surface area contributed by atoms with Gasteiger partial charge >= 0.3 is 0 Å². The summed E-state index contributed by atoms with van der Waals surface area (Å²) in [6.45, 7) is 6.15. The third-order valence-electron chi connectivity index (χ3n) is 4.83. The van der Waals surface area contributed by atoms with E-state index in [2.05, 4.69) is 34.3 Å². The number of hydrazone groups is 1. The minimum Gasteiger partial charge on any atom is -0.487 e. The summed E-state index contributed by atoms with van der Waals surface area (Å²) in [4.78, 5) is 19.2. The zero-order valence-electron chi connectivity index (χ0n) is 17.0.